The molecule has 1 amide bonds. The van der Waals surface area contributed by atoms with Crippen LogP contribution in [0, 0.1) is 6.92 Å². The summed E-state index contributed by atoms with van der Waals surface area (Å²) in [5.41, 5.74) is 2.09. The zero-order valence-corrected chi connectivity index (χ0v) is 14.9. The van der Waals surface area contributed by atoms with Crippen LogP contribution in [0.2, 0.25) is 5.02 Å². The van der Waals surface area contributed by atoms with E-state index in [1.54, 1.807) is 31.4 Å². The smallest absolute Gasteiger partial charge is 0.255 e. The molecule has 0 aliphatic carbocycles. The van der Waals surface area contributed by atoms with E-state index in [0.29, 0.717) is 34.4 Å². The van der Waals surface area contributed by atoms with E-state index in [9.17, 15) is 4.79 Å². The number of carbonyl (C=O) groups is 1. The third kappa shape index (κ3) is 4.65. The number of halogens is 1. The highest BCUT2D eigenvalue weighted by Gasteiger charge is 2.13. The van der Waals surface area contributed by atoms with Crippen molar-refractivity contribution in [3.8, 4) is 11.5 Å². The lowest BCUT2D eigenvalue weighted by molar-refractivity contribution is 0.102. The molecule has 0 atom stereocenters. The van der Waals surface area contributed by atoms with Crippen molar-refractivity contribution in [2.24, 2.45) is 0 Å². The monoisotopic (exact) mass is 347 g/mol. The number of methoxy groups -OCH3 is 1. The second-order valence-corrected chi connectivity index (χ2v) is 5.91. The quantitative estimate of drug-likeness (QED) is 0.710. The average molecular weight is 348 g/mol. The van der Waals surface area contributed by atoms with Gasteiger partial charge in [0.15, 0.2) is 11.5 Å². The van der Waals surface area contributed by atoms with E-state index in [0.717, 1.165) is 18.4 Å². The van der Waals surface area contributed by atoms with Gasteiger partial charge in [-0.3, -0.25) is 4.79 Å². The molecule has 0 radical (unpaired) electrons. The standard InChI is InChI=1S/C19H22ClNO3/c1-4-5-10-24-17-9-7-14(12-18(17)23-3)19(22)21-16-8-6-13(2)11-15(16)20/h6-9,11-12H,4-5,10H2,1-3H3,(H,21,22). The molecule has 0 unspecified atom stereocenters. The lowest BCUT2D eigenvalue weighted by Gasteiger charge is -2.12. The first kappa shape index (κ1) is 18.1. The van der Waals surface area contributed by atoms with Crippen molar-refractivity contribution >= 4 is 23.2 Å². The van der Waals surface area contributed by atoms with Crippen LogP contribution in [0.15, 0.2) is 36.4 Å². The normalized spacial score (nSPS) is 10.3. The number of unbranched alkanes of at least 4 members (excludes halogenated alkanes) is 1. The first-order valence-corrected chi connectivity index (χ1v) is 8.31. The Morgan fingerprint density at radius 1 is 1.17 bits per heavy atom. The predicted molar refractivity (Wildman–Crippen MR) is 97.5 cm³/mol. The van der Waals surface area contributed by atoms with Crippen LogP contribution in [0.1, 0.15) is 35.7 Å². The molecule has 0 aliphatic rings. The fraction of sp³-hybridized carbons (Fsp3) is 0.316. The number of benzene rings is 2. The lowest BCUT2D eigenvalue weighted by Crippen LogP contribution is -2.12. The summed E-state index contributed by atoms with van der Waals surface area (Å²) < 4.78 is 11.0. The maximum Gasteiger partial charge on any atom is 0.255 e. The second kappa shape index (κ2) is 8.60. The first-order valence-electron chi connectivity index (χ1n) is 7.93. The Morgan fingerprint density at radius 2 is 1.96 bits per heavy atom. The number of ether oxygens (including phenoxy) is 2. The van der Waals surface area contributed by atoms with E-state index in [-0.39, 0.29) is 5.91 Å². The maximum absolute atomic E-state index is 12.4. The zero-order chi connectivity index (χ0) is 17.5. The Hall–Kier alpha value is -2.20. The van der Waals surface area contributed by atoms with Crippen molar-refractivity contribution in [1.29, 1.82) is 0 Å². The summed E-state index contributed by atoms with van der Waals surface area (Å²) in [6.07, 6.45) is 2.03. The van der Waals surface area contributed by atoms with Gasteiger partial charge in [0.25, 0.3) is 5.91 Å². The van der Waals surface area contributed by atoms with Gasteiger partial charge < -0.3 is 14.8 Å². The van der Waals surface area contributed by atoms with Crippen LogP contribution in [0.25, 0.3) is 0 Å². The number of rotatable bonds is 7. The van der Waals surface area contributed by atoms with Crippen molar-refractivity contribution < 1.29 is 14.3 Å². The van der Waals surface area contributed by atoms with Crippen molar-refractivity contribution in [1.82, 2.24) is 0 Å². The summed E-state index contributed by atoms with van der Waals surface area (Å²) in [5, 5.41) is 3.32. The predicted octanol–water partition coefficient (Wildman–Crippen LogP) is 5.09. The van der Waals surface area contributed by atoms with Crippen LogP contribution in [0.3, 0.4) is 0 Å². The highest BCUT2D eigenvalue weighted by Crippen LogP contribution is 2.29. The van der Waals surface area contributed by atoms with Crippen LogP contribution >= 0.6 is 11.6 Å². The Balaban J connectivity index is 2.14. The summed E-state index contributed by atoms with van der Waals surface area (Å²) in [6.45, 7) is 4.67. The molecule has 0 fully saturated rings. The van der Waals surface area contributed by atoms with Crippen LogP contribution in [-0.4, -0.2) is 19.6 Å². The van der Waals surface area contributed by atoms with E-state index >= 15 is 0 Å². The van der Waals surface area contributed by atoms with E-state index in [1.807, 2.05) is 19.1 Å². The second-order valence-electron chi connectivity index (χ2n) is 5.51. The number of hydrogen-bond donors (Lipinski definition) is 1. The molecule has 0 heterocycles. The van der Waals surface area contributed by atoms with Gasteiger partial charge in [0.1, 0.15) is 0 Å². The summed E-state index contributed by atoms with van der Waals surface area (Å²) >= 11 is 6.16. The minimum Gasteiger partial charge on any atom is -0.493 e. The Morgan fingerprint density at radius 3 is 2.62 bits per heavy atom. The van der Waals surface area contributed by atoms with Crippen molar-refractivity contribution in [3.05, 3.63) is 52.5 Å². The Labute approximate surface area is 147 Å². The molecule has 1 N–H and O–H groups in total. The molecule has 0 aliphatic heterocycles. The molecule has 0 aromatic heterocycles. The highest BCUT2D eigenvalue weighted by molar-refractivity contribution is 6.34. The minimum atomic E-state index is -0.251. The van der Waals surface area contributed by atoms with E-state index < -0.39 is 0 Å². The topological polar surface area (TPSA) is 47.6 Å². The Bertz CT molecular complexity index is 716. The summed E-state index contributed by atoms with van der Waals surface area (Å²) in [6, 6.07) is 10.6. The van der Waals surface area contributed by atoms with Gasteiger partial charge in [0.05, 0.1) is 24.4 Å². The molecular weight excluding hydrogens is 326 g/mol. The first-order chi connectivity index (χ1) is 11.5. The largest absolute Gasteiger partial charge is 0.493 e. The molecule has 5 heteroatoms. The fourth-order valence-corrected chi connectivity index (χ4v) is 2.45. The summed E-state index contributed by atoms with van der Waals surface area (Å²) in [7, 11) is 1.56. The van der Waals surface area contributed by atoms with Crippen LogP contribution in [0.4, 0.5) is 5.69 Å². The average Bonchev–Trinajstić information content (AvgIpc) is 2.57. The van der Waals surface area contributed by atoms with Crippen molar-refractivity contribution in [2.45, 2.75) is 26.7 Å². The van der Waals surface area contributed by atoms with Crippen molar-refractivity contribution in [3.63, 3.8) is 0 Å². The van der Waals surface area contributed by atoms with Crippen molar-refractivity contribution in [2.75, 3.05) is 19.0 Å². The van der Waals surface area contributed by atoms with Gasteiger partial charge in [-0.15, -0.1) is 0 Å². The molecule has 0 saturated carbocycles. The summed E-state index contributed by atoms with van der Waals surface area (Å²) in [4.78, 5) is 12.4. The molecule has 2 rings (SSSR count). The van der Waals surface area contributed by atoms with Crippen LogP contribution < -0.4 is 14.8 Å². The lowest BCUT2D eigenvalue weighted by atomic mass is 10.1. The molecule has 24 heavy (non-hydrogen) atoms. The number of nitrogens with one attached hydrogen (secondary N) is 1. The maximum atomic E-state index is 12.4. The van der Waals surface area contributed by atoms with Gasteiger partial charge in [-0.2, -0.15) is 0 Å². The molecule has 128 valence electrons. The third-order valence-electron chi connectivity index (χ3n) is 3.55. The van der Waals surface area contributed by atoms with E-state index in [4.69, 9.17) is 21.1 Å². The minimum absolute atomic E-state index is 0.251. The molecule has 0 spiro atoms. The van der Waals surface area contributed by atoms with Gasteiger partial charge in [-0.05, 0) is 49.2 Å². The zero-order valence-electron chi connectivity index (χ0n) is 14.2. The van der Waals surface area contributed by atoms with Gasteiger partial charge in [0.2, 0.25) is 0 Å². The molecular formula is C19H22ClNO3. The highest BCUT2D eigenvalue weighted by atomic mass is 35.5. The van der Waals surface area contributed by atoms with Gasteiger partial charge >= 0.3 is 0 Å². The molecule has 0 saturated heterocycles. The molecule has 4 nitrogen and oxygen atoms in total. The number of amides is 1. The van der Waals surface area contributed by atoms with E-state index in [2.05, 4.69) is 12.2 Å². The molecule has 0 bridgehead atoms. The van der Waals surface area contributed by atoms with Gasteiger partial charge in [-0.1, -0.05) is 31.0 Å². The molecule has 2 aromatic rings. The number of carbonyl (C=O) groups excluding carboxylic acids is 1. The SMILES string of the molecule is CCCCOc1ccc(C(=O)Nc2ccc(C)cc2Cl)cc1OC. The molecule has 2 aromatic carbocycles. The number of anilines is 1. The number of hydrogen-bond acceptors (Lipinski definition) is 3. The Kier molecular flexibility index (Phi) is 6.50. The van der Waals surface area contributed by atoms with E-state index in [1.165, 1.54) is 0 Å². The van der Waals surface area contributed by atoms with Gasteiger partial charge in [0, 0.05) is 5.56 Å². The number of aryl methyl sites for hydroxylation is 1. The van der Waals surface area contributed by atoms with Crippen LogP contribution in [0.5, 0.6) is 11.5 Å². The van der Waals surface area contributed by atoms with Crippen LogP contribution in [-0.2, 0) is 0 Å². The third-order valence-corrected chi connectivity index (χ3v) is 3.87. The fourth-order valence-electron chi connectivity index (χ4n) is 2.17. The van der Waals surface area contributed by atoms with Gasteiger partial charge in [-0.25, -0.2) is 0 Å². The summed E-state index contributed by atoms with van der Waals surface area (Å²) in [5.74, 6) is 0.920.